The van der Waals surface area contributed by atoms with Crippen LogP contribution in [0.25, 0.3) is 0 Å². The molecule has 0 bridgehead atoms. The summed E-state index contributed by atoms with van der Waals surface area (Å²) in [7, 11) is 3.43. The van der Waals surface area contributed by atoms with Crippen molar-refractivity contribution in [3.05, 3.63) is 60.2 Å². The molecule has 0 saturated carbocycles. The Bertz CT molecular complexity index is 674. The average molecular weight is 344 g/mol. The Morgan fingerprint density at radius 2 is 1.71 bits per heavy atom. The smallest absolute Gasteiger partial charge is 0.264 e. The summed E-state index contributed by atoms with van der Waals surface area (Å²) in [5.74, 6) is 1.03. The van der Waals surface area contributed by atoms with E-state index in [9.17, 15) is 4.79 Å². The van der Waals surface area contributed by atoms with Gasteiger partial charge in [0.2, 0.25) is 0 Å². The van der Waals surface area contributed by atoms with Crippen molar-refractivity contribution in [1.29, 1.82) is 0 Å². The summed E-state index contributed by atoms with van der Waals surface area (Å²) in [5, 5.41) is 3.02. The first-order valence-electron chi connectivity index (χ1n) is 7.44. The van der Waals surface area contributed by atoms with E-state index < -0.39 is 0 Å². The zero-order valence-electron chi connectivity index (χ0n) is 13.7. The number of thiocarbonyl (C=S) groups is 1. The summed E-state index contributed by atoms with van der Waals surface area (Å²) in [4.78, 5) is 13.7. The topological polar surface area (TPSA) is 50.8 Å². The second-order valence-electron chi connectivity index (χ2n) is 5.16. The minimum Gasteiger partial charge on any atom is -0.497 e. The van der Waals surface area contributed by atoms with Gasteiger partial charge in [0.1, 0.15) is 11.5 Å². The van der Waals surface area contributed by atoms with Crippen molar-refractivity contribution in [3.63, 3.8) is 0 Å². The van der Waals surface area contributed by atoms with E-state index in [-0.39, 0.29) is 12.5 Å². The number of nitrogens with one attached hydrogen (secondary N) is 1. The van der Waals surface area contributed by atoms with Gasteiger partial charge in [-0.3, -0.25) is 4.79 Å². The van der Waals surface area contributed by atoms with Gasteiger partial charge in [-0.1, -0.05) is 30.3 Å². The van der Waals surface area contributed by atoms with Gasteiger partial charge in [0.25, 0.3) is 5.91 Å². The van der Waals surface area contributed by atoms with Crippen molar-refractivity contribution in [2.75, 3.05) is 20.8 Å². The van der Waals surface area contributed by atoms with E-state index >= 15 is 0 Å². The second kappa shape index (κ2) is 8.88. The van der Waals surface area contributed by atoms with Crippen LogP contribution in [0.15, 0.2) is 54.6 Å². The highest BCUT2D eigenvalue weighted by Crippen LogP contribution is 2.16. The third kappa shape index (κ3) is 5.55. The summed E-state index contributed by atoms with van der Waals surface area (Å²) in [6, 6.07) is 16.9. The van der Waals surface area contributed by atoms with E-state index in [1.54, 1.807) is 36.3 Å². The van der Waals surface area contributed by atoms with Crippen LogP contribution in [0.4, 0.5) is 0 Å². The quantitative estimate of drug-likeness (QED) is 0.817. The lowest BCUT2D eigenvalue weighted by atomic mass is 10.2. The number of nitrogens with zero attached hydrogens (tertiary/aromatic N) is 1. The first-order chi connectivity index (χ1) is 11.6. The molecule has 1 N–H and O–H groups in total. The van der Waals surface area contributed by atoms with Crippen LogP contribution in [0.5, 0.6) is 11.5 Å². The molecule has 0 atom stereocenters. The predicted molar refractivity (Wildman–Crippen MR) is 97.1 cm³/mol. The highest BCUT2D eigenvalue weighted by molar-refractivity contribution is 7.80. The number of methoxy groups -OCH3 is 1. The van der Waals surface area contributed by atoms with Gasteiger partial charge in [0, 0.05) is 13.6 Å². The van der Waals surface area contributed by atoms with E-state index in [2.05, 4.69) is 5.32 Å². The van der Waals surface area contributed by atoms with Crippen molar-refractivity contribution in [3.8, 4) is 11.5 Å². The number of benzene rings is 2. The molecule has 0 aliphatic heterocycles. The Kier molecular flexibility index (Phi) is 6.57. The monoisotopic (exact) mass is 344 g/mol. The van der Waals surface area contributed by atoms with Gasteiger partial charge in [-0.25, -0.2) is 0 Å². The van der Waals surface area contributed by atoms with Gasteiger partial charge in [0.15, 0.2) is 11.7 Å². The summed E-state index contributed by atoms with van der Waals surface area (Å²) >= 11 is 5.24. The van der Waals surface area contributed by atoms with E-state index in [1.807, 2.05) is 37.4 Å². The van der Waals surface area contributed by atoms with Crippen molar-refractivity contribution in [2.45, 2.75) is 6.54 Å². The van der Waals surface area contributed by atoms with Gasteiger partial charge in [0.05, 0.1) is 7.11 Å². The molecule has 0 heterocycles. The maximum atomic E-state index is 11.9. The van der Waals surface area contributed by atoms with Crippen molar-refractivity contribution in [1.82, 2.24) is 10.2 Å². The molecule has 0 aliphatic carbocycles. The van der Waals surface area contributed by atoms with Crippen LogP contribution < -0.4 is 14.8 Å². The largest absolute Gasteiger partial charge is 0.497 e. The molecule has 0 spiro atoms. The minimum atomic E-state index is -0.296. The molecule has 0 aromatic heterocycles. The molecule has 0 unspecified atom stereocenters. The molecule has 1 amide bonds. The number of hydrogen-bond acceptors (Lipinski definition) is 4. The second-order valence-corrected chi connectivity index (χ2v) is 5.55. The lowest BCUT2D eigenvalue weighted by molar-refractivity contribution is -0.121. The van der Waals surface area contributed by atoms with Gasteiger partial charge < -0.3 is 19.7 Å². The molecule has 24 heavy (non-hydrogen) atoms. The lowest BCUT2D eigenvalue weighted by Crippen LogP contribution is -2.42. The summed E-state index contributed by atoms with van der Waals surface area (Å²) in [6.07, 6.45) is 0. The van der Waals surface area contributed by atoms with Crippen LogP contribution in [-0.2, 0) is 11.3 Å². The molecule has 0 fully saturated rings. The lowest BCUT2D eigenvalue weighted by Gasteiger charge is -2.20. The van der Waals surface area contributed by atoms with Gasteiger partial charge in [-0.15, -0.1) is 0 Å². The number of carbonyl (C=O) groups excluding carboxylic acids is 1. The van der Waals surface area contributed by atoms with Crippen molar-refractivity contribution >= 4 is 23.2 Å². The Balaban J connectivity index is 1.77. The first-order valence-corrected chi connectivity index (χ1v) is 7.85. The van der Waals surface area contributed by atoms with E-state index in [1.165, 1.54) is 0 Å². The maximum Gasteiger partial charge on any atom is 0.264 e. The molecular weight excluding hydrogens is 324 g/mol. The number of carbonyl (C=O) groups is 1. The number of hydrogen-bond donors (Lipinski definition) is 1. The normalized spacial score (nSPS) is 9.92. The summed E-state index contributed by atoms with van der Waals surface area (Å²) < 4.78 is 10.5. The van der Waals surface area contributed by atoms with Crippen LogP contribution in [0.2, 0.25) is 0 Å². The summed E-state index contributed by atoms with van der Waals surface area (Å²) in [5.41, 5.74) is 1.12. The molecule has 126 valence electrons. The third-order valence-electron chi connectivity index (χ3n) is 3.28. The fourth-order valence-corrected chi connectivity index (χ4v) is 2.18. The van der Waals surface area contributed by atoms with E-state index in [4.69, 9.17) is 21.7 Å². The standard InChI is InChI=1S/C18H20N2O3S/c1-20(12-14-6-4-3-5-7-14)18(24)19-17(21)13-23-16-10-8-15(22-2)9-11-16/h3-11H,12-13H2,1-2H3,(H,19,21,24). The SMILES string of the molecule is COc1ccc(OCC(=O)NC(=S)N(C)Cc2ccccc2)cc1. The number of rotatable bonds is 6. The number of amides is 1. The van der Waals surface area contributed by atoms with Crippen LogP contribution in [-0.4, -0.2) is 36.7 Å². The van der Waals surface area contributed by atoms with E-state index in [0.717, 1.165) is 11.3 Å². The van der Waals surface area contributed by atoms with Crippen molar-refractivity contribution in [2.24, 2.45) is 0 Å². The molecule has 0 radical (unpaired) electrons. The van der Waals surface area contributed by atoms with Gasteiger partial charge in [-0.05, 0) is 42.0 Å². The number of ether oxygens (including phenoxy) is 2. The zero-order chi connectivity index (χ0) is 17.4. The Labute approximate surface area is 147 Å². The molecule has 0 saturated heterocycles. The molecule has 2 aromatic carbocycles. The molecule has 2 rings (SSSR count). The summed E-state index contributed by atoms with van der Waals surface area (Å²) in [6.45, 7) is 0.519. The Morgan fingerprint density at radius 3 is 2.33 bits per heavy atom. The molecule has 6 heteroatoms. The highest BCUT2D eigenvalue weighted by atomic mass is 32.1. The highest BCUT2D eigenvalue weighted by Gasteiger charge is 2.10. The van der Waals surface area contributed by atoms with E-state index in [0.29, 0.717) is 17.4 Å². The predicted octanol–water partition coefficient (Wildman–Crippen LogP) is 2.61. The fourth-order valence-electron chi connectivity index (χ4n) is 2.00. The van der Waals surface area contributed by atoms with Crippen LogP contribution >= 0.6 is 12.2 Å². The van der Waals surface area contributed by atoms with Crippen LogP contribution in [0.3, 0.4) is 0 Å². The minimum absolute atomic E-state index is 0.106. The molecular formula is C18H20N2O3S. The molecule has 5 nitrogen and oxygen atoms in total. The molecule has 2 aromatic rings. The van der Waals surface area contributed by atoms with Gasteiger partial charge in [-0.2, -0.15) is 0 Å². The third-order valence-corrected chi connectivity index (χ3v) is 3.70. The zero-order valence-corrected chi connectivity index (χ0v) is 14.5. The van der Waals surface area contributed by atoms with Crippen LogP contribution in [0, 0.1) is 0 Å². The fraction of sp³-hybridized carbons (Fsp3) is 0.222. The Morgan fingerprint density at radius 1 is 1.08 bits per heavy atom. The van der Waals surface area contributed by atoms with Gasteiger partial charge >= 0.3 is 0 Å². The van der Waals surface area contributed by atoms with Crippen LogP contribution in [0.1, 0.15) is 5.56 Å². The molecule has 0 aliphatic rings. The maximum absolute atomic E-state index is 11.9. The first kappa shape index (κ1) is 17.7. The van der Waals surface area contributed by atoms with Crippen molar-refractivity contribution < 1.29 is 14.3 Å². The average Bonchev–Trinajstić information content (AvgIpc) is 2.61. The Hall–Kier alpha value is -2.60.